The zero-order chi connectivity index (χ0) is 23.4. The Balaban J connectivity index is 0.00000152. The number of H-pyrrole nitrogens is 1. The summed E-state index contributed by atoms with van der Waals surface area (Å²) < 4.78 is 2.99. The Kier molecular flexibility index (Phi) is 7.01. The van der Waals surface area contributed by atoms with Crippen LogP contribution in [0, 0.1) is 11.3 Å². The van der Waals surface area contributed by atoms with Crippen molar-refractivity contribution < 1.29 is 5.11 Å². The van der Waals surface area contributed by atoms with Gasteiger partial charge in [0.15, 0.2) is 5.82 Å². The minimum atomic E-state index is -0.690. The molecule has 1 aliphatic rings. The number of aliphatic hydroxyl groups excluding tert-OH is 1. The lowest BCUT2D eigenvalue weighted by Gasteiger charge is -2.27. The highest BCUT2D eigenvalue weighted by molar-refractivity contribution is 7.59. The average Bonchev–Trinajstić information content (AvgIpc) is 3.55. The lowest BCUT2D eigenvalue weighted by atomic mass is 10.1. The molecule has 1 saturated heterocycles. The first-order valence-electron chi connectivity index (χ1n) is 10.6. The van der Waals surface area contributed by atoms with Gasteiger partial charge in [-0.2, -0.15) is 37.4 Å². The molecule has 0 amide bonds. The number of β-amino-alcohol motifs (C(OH)–C–C–N with tert-alkyl or cyclic N) is 1. The molecule has 1 aromatic carbocycles. The number of nitrogens with one attached hydrogen (secondary N) is 1. The van der Waals surface area contributed by atoms with Crippen LogP contribution in [-0.2, 0) is 0 Å². The number of nitrogens with zero attached hydrogens (tertiary/aromatic N) is 7. The average molecular weight is 541 g/mol. The van der Waals surface area contributed by atoms with E-state index in [1.165, 1.54) is 15.4 Å². The molecule has 0 saturated carbocycles. The van der Waals surface area contributed by atoms with Crippen LogP contribution in [-0.4, -0.2) is 46.9 Å². The van der Waals surface area contributed by atoms with Crippen molar-refractivity contribution in [2.24, 2.45) is 0 Å². The number of aromatic nitrogens is 6. The molecule has 0 bridgehead atoms. The van der Waals surface area contributed by atoms with Gasteiger partial charge in [0.25, 0.3) is 5.56 Å². The van der Waals surface area contributed by atoms with E-state index >= 15 is 0 Å². The zero-order valence-electron chi connectivity index (χ0n) is 18.6. The Bertz CT molecular complexity index is 1660. The first-order valence-corrected chi connectivity index (χ1v) is 11.0. The van der Waals surface area contributed by atoms with E-state index in [-0.39, 0.29) is 44.6 Å². The van der Waals surface area contributed by atoms with E-state index in [4.69, 9.17) is 16.7 Å². The van der Waals surface area contributed by atoms with E-state index in [0.717, 1.165) is 0 Å². The van der Waals surface area contributed by atoms with E-state index < -0.39 is 12.1 Å². The number of hydrogen-bond donors (Lipinski definition) is 2. The van der Waals surface area contributed by atoms with Crippen LogP contribution in [0.2, 0.25) is 5.02 Å². The predicted octanol–water partition coefficient (Wildman–Crippen LogP) is 2.82. The summed E-state index contributed by atoms with van der Waals surface area (Å²) in [4.78, 5) is 27.2. The van der Waals surface area contributed by atoms with Gasteiger partial charge in [0.05, 0.1) is 33.8 Å². The Morgan fingerprint density at radius 1 is 1.17 bits per heavy atom. The standard InChI is InChI=1S/C23H17ClN8O2.2H2S/c24-16-6-7-31-19(16)23(34)32(14-4-2-1-3-5-14)21(29-31)17-8-15(33)11-30(17)22-18-13(9-25)10-26-20(18)27-12-28-22;;/h1-7,10,12,15,17,33H,8,11H2,(H,26,27,28);2*1H2/t15-,17-;;/m0../s1. The van der Waals surface area contributed by atoms with E-state index in [1.807, 2.05) is 35.2 Å². The molecule has 0 radical (unpaired) electrons. The summed E-state index contributed by atoms with van der Waals surface area (Å²) in [6.07, 6.45) is 4.25. The highest BCUT2D eigenvalue weighted by Crippen LogP contribution is 2.38. The van der Waals surface area contributed by atoms with Crippen molar-refractivity contribution in [3.63, 3.8) is 0 Å². The van der Waals surface area contributed by atoms with Gasteiger partial charge in [-0.3, -0.25) is 9.36 Å². The second-order valence-corrected chi connectivity index (χ2v) is 8.49. The van der Waals surface area contributed by atoms with Gasteiger partial charge in [-0.1, -0.05) is 29.8 Å². The van der Waals surface area contributed by atoms with Crippen LogP contribution in [0.1, 0.15) is 23.9 Å². The molecule has 184 valence electrons. The minimum Gasteiger partial charge on any atom is -0.391 e. The van der Waals surface area contributed by atoms with Gasteiger partial charge in [-0.05, 0) is 18.2 Å². The molecule has 10 nitrogen and oxygen atoms in total. The number of rotatable bonds is 3. The second-order valence-electron chi connectivity index (χ2n) is 8.08. The lowest BCUT2D eigenvalue weighted by Crippen LogP contribution is -2.33. The van der Waals surface area contributed by atoms with Crippen molar-refractivity contribution in [3.05, 3.63) is 81.9 Å². The maximum absolute atomic E-state index is 13.6. The number of para-hydroxylation sites is 1. The van der Waals surface area contributed by atoms with Crippen LogP contribution < -0.4 is 10.5 Å². The molecule has 1 fully saturated rings. The fraction of sp³-hybridized carbons (Fsp3) is 0.174. The summed E-state index contributed by atoms with van der Waals surface area (Å²) in [6.45, 7) is 0.252. The number of hydrogen-bond acceptors (Lipinski definition) is 7. The van der Waals surface area contributed by atoms with Gasteiger partial charge in [0.2, 0.25) is 0 Å². The minimum absolute atomic E-state index is 0. The van der Waals surface area contributed by atoms with Crippen LogP contribution in [0.25, 0.3) is 22.2 Å². The van der Waals surface area contributed by atoms with Crippen molar-refractivity contribution in [2.45, 2.75) is 18.6 Å². The van der Waals surface area contributed by atoms with E-state index in [1.54, 1.807) is 18.5 Å². The lowest BCUT2D eigenvalue weighted by molar-refractivity contribution is 0.193. The third kappa shape index (κ3) is 3.90. The molecule has 5 aromatic rings. The van der Waals surface area contributed by atoms with Crippen molar-refractivity contribution in [3.8, 4) is 11.8 Å². The maximum Gasteiger partial charge on any atom is 0.284 e. The van der Waals surface area contributed by atoms with Crippen LogP contribution in [0.4, 0.5) is 5.82 Å². The number of aliphatic hydroxyl groups is 1. The SMILES string of the molecule is N#Cc1c[nH]c2ncnc(N3C[C@@H](O)C[C@H]3c3nn4ccc(Cl)c4c(=O)n3-c3ccccc3)c12.S.S. The van der Waals surface area contributed by atoms with Crippen LogP contribution in [0.15, 0.2) is 59.9 Å². The summed E-state index contributed by atoms with van der Waals surface area (Å²) in [5.41, 5.74) is 1.48. The molecule has 1 aliphatic heterocycles. The molecule has 2 N–H and O–H groups in total. The molecule has 6 rings (SSSR count). The van der Waals surface area contributed by atoms with Crippen LogP contribution >= 0.6 is 38.6 Å². The first kappa shape index (κ1) is 25.6. The van der Waals surface area contributed by atoms with E-state index in [2.05, 4.69) is 21.0 Å². The third-order valence-electron chi connectivity index (χ3n) is 6.10. The highest BCUT2D eigenvalue weighted by atomic mass is 35.5. The molecule has 36 heavy (non-hydrogen) atoms. The Labute approximate surface area is 223 Å². The molecular formula is C23H21ClN8O2S2. The monoisotopic (exact) mass is 540 g/mol. The summed E-state index contributed by atoms with van der Waals surface area (Å²) >= 11 is 6.31. The molecule has 0 spiro atoms. The van der Waals surface area contributed by atoms with E-state index in [0.29, 0.717) is 45.4 Å². The van der Waals surface area contributed by atoms with Crippen LogP contribution in [0.5, 0.6) is 0 Å². The molecule has 0 unspecified atom stereocenters. The Morgan fingerprint density at radius 3 is 2.69 bits per heavy atom. The predicted molar refractivity (Wildman–Crippen MR) is 146 cm³/mol. The highest BCUT2D eigenvalue weighted by Gasteiger charge is 2.38. The third-order valence-corrected chi connectivity index (χ3v) is 6.40. The van der Waals surface area contributed by atoms with Gasteiger partial charge >= 0.3 is 0 Å². The molecule has 2 atom stereocenters. The number of benzene rings is 1. The number of halogens is 1. The molecule has 4 aromatic heterocycles. The van der Waals surface area contributed by atoms with E-state index in [9.17, 15) is 15.2 Å². The summed E-state index contributed by atoms with van der Waals surface area (Å²) in [5.74, 6) is 0.914. The molecular weight excluding hydrogens is 520 g/mol. The number of nitriles is 1. The topological polar surface area (TPSA) is 128 Å². The van der Waals surface area contributed by atoms with Crippen LogP contribution in [0.3, 0.4) is 0 Å². The maximum atomic E-state index is 13.6. The van der Waals surface area contributed by atoms with Crippen molar-refractivity contribution >= 4 is 61.0 Å². The summed E-state index contributed by atoms with van der Waals surface area (Å²) in [6, 6.07) is 12.5. The number of anilines is 1. The Morgan fingerprint density at radius 2 is 1.94 bits per heavy atom. The molecule has 0 aliphatic carbocycles. The smallest absolute Gasteiger partial charge is 0.284 e. The fourth-order valence-corrected chi connectivity index (χ4v) is 4.86. The largest absolute Gasteiger partial charge is 0.391 e. The van der Waals surface area contributed by atoms with Gasteiger partial charge in [0.1, 0.15) is 29.4 Å². The molecule has 13 heteroatoms. The van der Waals surface area contributed by atoms with Gasteiger partial charge in [0, 0.05) is 25.4 Å². The van der Waals surface area contributed by atoms with Gasteiger partial charge < -0.3 is 15.0 Å². The fourth-order valence-electron chi connectivity index (χ4n) is 4.63. The quantitative estimate of drug-likeness (QED) is 0.360. The zero-order valence-corrected chi connectivity index (χ0v) is 21.4. The van der Waals surface area contributed by atoms with Gasteiger partial charge in [-0.15, -0.1) is 0 Å². The number of aromatic amines is 1. The van der Waals surface area contributed by atoms with Crippen molar-refractivity contribution in [1.29, 1.82) is 5.26 Å². The number of fused-ring (bicyclic) bond motifs is 2. The second kappa shape index (κ2) is 9.87. The normalized spacial score (nSPS) is 17.1. The van der Waals surface area contributed by atoms with Crippen molar-refractivity contribution in [2.75, 3.05) is 11.4 Å². The first-order chi connectivity index (χ1) is 16.6. The Hall–Kier alpha value is -3.50. The van der Waals surface area contributed by atoms with Crippen molar-refractivity contribution in [1.82, 2.24) is 29.1 Å². The van der Waals surface area contributed by atoms with Gasteiger partial charge in [-0.25, -0.2) is 14.5 Å². The summed E-state index contributed by atoms with van der Waals surface area (Å²) in [5, 5.41) is 25.9. The summed E-state index contributed by atoms with van der Waals surface area (Å²) in [7, 11) is 0. The molecule has 5 heterocycles.